The van der Waals surface area contributed by atoms with Crippen molar-refractivity contribution in [3.05, 3.63) is 18.3 Å². The zero-order valence-corrected chi connectivity index (χ0v) is 11.6. The molecule has 0 aliphatic carbocycles. The molecule has 2 heterocycles. The van der Waals surface area contributed by atoms with Crippen molar-refractivity contribution in [1.29, 1.82) is 0 Å². The van der Waals surface area contributed by atoms with Gasteiger partial charge in [-0.3, -0.25) is 4.79 Å². The standard InChI is InChI=1S/C12H16BrN3O2/c13-4-3-12(17)15-10-1-2-11(14-9-10)16-5-7-18-8-6-16/h1-2,9H,3-8H2,(H,15,17). The molecule has 1 aromatic rings. The first-order valence-corrected chi connectivity index (χ1v) is 7.06. The molecular weight excluding hydrogens is 298 g/mol. The third kappa shape index (κ3) is 3.68. The van der Waals surface area contributed by atoms with E-state index in [1.54, 1.807) is 6.20 Å². The van der Waals surface area contributed by atoms with E-state index in [0.29, 0.717) is 11.8 Å². The van der Waals surface area contributed by atoms with Gasteiger partial charge in [-0.25, -0.2) is 4.98 Å². The van der Waals surface area contributed by atoms with Gasteiger partial charge in [-0.15, -0.1) is 0 Å². The van der Waals surface area contributed by atoms with Gasteiger partial charge in [-0.2, -0.15) is 0 Å². The van der Waals surface area contributed by atoms with Gasteiger partial charge in [0.1, 0.15) is 5.82 Å². The molecule has 0 atom stereocenters. The molecule has 0 spiro atoms. The smallest absolute Gasteiger partial charge is 0.225 e. The van der Waals surface area contributed by atoms with Crippen LogP contribution in [0.3, 0.4) is 0 Å². The van der Waals surface area contributed by atoms with Crippen molar-refractivity contribution in [2.75, 3.05) is 41.9 Å². The van der Waals surface area contributed by atoms with Crippen LogP contribution < -0.4 is 10.2 Å². The van der Waals surface area contributed by atoms with Crippen LogP contribution in [0.2, 0.25) is 0 Å². The van der Waals surface area contributed by atoms with Crippen LogP contribution in [0.1, 0.15) is 6.42 Å². The molecule has 6 heteroatoms. The van der Waals surface area contributed by atoms with Crippen molar-refractivity contribution in [2.24, 2.45) is 0 Å². The van der Waals surface area contributed by atoms with Gasteiger partial charge in [0.05, 0.1) is 25.1 Å². The number of amides is 1. The maximum absolute atomic E-state index is 11.4. The number of alkyl halides is 1. The Morgan fingerprint density at radius 2 is 2.22 bits per heavy atom. The minimum absolute atomic E-state index is 0.00667. The summed E-state index contributed by atoms with van der Waals surface area (Å²) >= 11 is 3.23. The number of halogens is 1. The predicted octanol–water partition coefficient (Wildman–Crippen LogP) is 1.64. The number of pyridine rings is 1. The lowest BCUT2D eigenvalue weighted by atomic mass is 10.3. The molecule has 98 valence electrons. The molecule has 0 bridgehead atoms. The maximum Gasteiger partial charge on any atom is 0.225 e. The molecule has 0 aromatic carbocycles. The van der Waals surface area contributed by atoms with Gasteiger partial charge in [0, 0.05) is 24.8 Å². The number of nitrogens with zero attached hydrogens (tertiary/aromatic N) is 2. The van der Waals surface area contributed by atoms with Gasteiger partial charge < -0.3 is 15.0 Å². The zero-order valence-electron chi connectivity index (χ0n) is 10.1. The van der Waals surface area contributed by atoms with Crippen molar-refractivity contribution < 1.29 is 9.53 Å². The number of nitrogens with one attached hydrogen (secondary N) is 1. The molecule has 1 amide bonds. The van der Waals surface area contributed by atoms with Crippen LogP contribution in [0.25, 0.3) is 0 Å². The normalized spacial score (nSPS) is 15.5. The third-order valence-corrected chi connectivity index (χ3v) is 3.08. The predicted molar refractivity (Wildman–Crippen MR) is 74.3 cm³/mol. The fourth-order valence-electron chi connectivity index (χ4n) is 1.75. The molecule has 5 nitrogen and oxygen atoms in total. The number of hydrogen-bond acceptors (Lipinski definition) is 4. The van der Waals surface area contributed by atoms with E-state index in [1.807, 2.05) is 12.1 Å². The lowest BCUT2D eigenvalue weighted by molar-refractivity contribution is -0.115. The molecule has 2 rings (SSSR count). The van der Waals surface area contributed by atoms with Crippen molar-refractivity contribution in [3.8, 4) is 0 Å². The highest BCUT2D eigenvalue weighted by molar-refractivity contribution is 9.09. The Morgan fingerprint density at radius 3 is 2.83 bits per heavy atom. The average Bonchev–Trinajstić information content (AvgIpc) is 2.41. The summed E-state index contributed by atoms with van der Waals surface area (Å²) in [6.07, 6.45) is 2.15. The minimum atomic E-state index is -0.00667. The highest BCUT2D eigenvalue weighted by Gasteiger charge is 2.12. The van der Waals surface area contributed by atoms with Gasteiger partial charge in [0.25, 0.3) is 0 Å². The van der Waals surface area contributed by atoms with E-state index < -0.39 is 0 Å². The summed E-state index contributed by atoms with van der Waals surface area (Å²) in [7, 11) is 0. The quantitative estimate of drug-likeness (QED) is 0.859. The Kier molecular flexibility index (Phi) is 4.95. The lowest BCUT2D eigenvalue weighted by Crippen LogP contribution is -2.36. The molecule has 1 N–H and O–H groups in total. The second kappa shape index (κ2) is 6.70. The van der Waals surface area contributed by atoms with Crippen LogP contribution >= 0.6 is 15.9 Å². The second-order valence-corrected chi connectivity index (χ2v) is 4.78. The van der Waals surface area contributed by atoms with Crippen LogP contribution in [0, 0.1) is 0 Å². The average molecular weight is 314 g/mol. The van der Waals surface area contributed by atoms with E-state index in [4.69, 9.17) is 4.74 Å². The molecule has 1 aliphatic rings. The fourth-order valence-corrected chi connectivity index (χ4v) is 2.11. The summed E-state index contributed by atoms with van der Waals surface area (Å²) in [5, 5.41) is 3.46. The van der Waals surface area contributed by atoms with Crippen molar-refractivity contribution >= 4 is 33.3 Å². The largest absolute Gasteiger partial charge is 0.378 e. The van der Waals surface area contributed by atoms with E-state index in [0.717, 1.165) is 37.8 Å². The molecule has 1 saturated heterocycles. The van der Waals surface area contributed by atoms with Crippen molar-refractivity contribution in [2.45, 2.75) is 6.42 Å². The molecule has 0 unspecified atom stereocenters. The van der Waals surface area contributed by atoms with Gasteiger partial charge in [-0.05, 0) is 12.1 Å². The van der Waals surface area contributed by atoms with E-state index in [2.05, 4.69) is 31.1 Å². The second-order valence-electron chi connectivity index (χ2n) is 3.99. The van der Waals surface area contributed by atoms with Gasteiger partial charge in [0.15, 0.2) is 0 Å². The van der Waals surface area contributed by atoms with Crippen molar-refractivity contribution in [1.82, 2.24) is 4.98 Å². The molecule has 0 radical (unpaired) electrons. The Balaban J connectivity index is 1.94. The Hall–Kier alpha value is -1.14. The number of ether oxygens (including phenoxy) is 1. The van der Waals surface area contributed by atoms with E-state index in [-0.39, 0.29) is 5.91 Å². The fraction of sp³-hybridized carbons (Fsp3) is 0.500. The Bertz CT molecular complexity index is 391. The number of rotatable bonds is 4. The molecule has 0 saturated carbocycles. The molecular formula is C12H16BrN3O2. The summed E-state index contributed by atoms with van der Waals surface area (Å²) in [5.74, 6) is 0.921. The van der Waals surface area contributed by atoms with Crippen molar-refractivity contribution in [3.63, 3.8) is 0 Å². The highest BCUT2D eigenvalue weighted by Crippen LogP contribution is 2.15. The highest BCUT2D eigenvalue weighted by atomic mass is 79.9. The zero-order chi connectivity index (χ0) is 12.8. The summed E-state index contributed by atoms with van der Waals surface area (Å²) in [5.41, 5.74) is 0.734. The van der Waals surface area contributed by atoms with Crippen LogP contribution in [-0.4, -0.2) is 42.5 Å². The van der Waals surface area contributed by atoms with E-state index in [9.17, 15) is 4.79 Å². The maximum atomic E-state index is 11.4. The molecule has 18 heavy (non-hydrogen) atoms. The van der Waals surface area contributed by atoms with Crippen LogP contribution in [-0.2, 0) is 9.53 Å². The van der Waals surface area contributed by atoms with Crippen LogP contribution in [0.4, 0.5) is 11.5 Å². The SMILES string of the molecule is O=C(CCBr)Nc1ccc(N2CCOCC2)nc1. The molecule has 1 fully saturated rings. The topological polar surface area (TPSA) is 54.5 Å². The number of carbonyl (C=O) groups is 1. The summed E-state index contributed by atoms with van der Waals surface area (Å²) in [4.78, 5) is 17.9. The van der Waals surface area contributed by atoms with Gasteiger partial charge >= 0.3 is 0 Å². The molecule has 1 aromatic heterocycles. The summed E-state index contributed by atoms with van der Waals surface area (Å²) in [6, 6.07) is 3.80. The molecule has 1 aliphatic heterocycles. The number of aromatic nitrogens is 1. The third-order valence-electron chi connectivity index (χ3n) is 2.69. The van der Waals surface area contributed by atoms with E-state index in [1.165, 1.54) is 0 Å². The summed E-state index contributed by atoms with van der Waals surface area (Å²) in [6.45, 7) is 3.21. The van der Waals surface area contributed by atoms with Gasteiger partial charge in [0.2, 0.25) is 5.91 Å². The van der Waals surface area contributed by atoms with Gasteiger partial charge in [-0.1, -0.05) is 15.9 Å². The summed E-state index contributed by atoms with van der Waals surface area (Å²) < 4.78 is 5.29. The Labute approximate surface area is 115 Å². The first kappa shape index (κ1) is 13.3. The number of anilines is 2. The number of hydrogen-bond donors (Lipinski definition) is 1. The first-order valence-electron chi connectivity index (χ1n) is 5.94. The minimum Gasteiger partial charge on any atom is -0.378 e. The first-order chi connectivity index (χ1) is 8.79. The monoisotopic (exact) mass is 313 g/mol. The van der Waals surface area contributed by atoms with Crippen LogP contribution in [0.15, 0.2) is 18.3 Å². The van der Waals surface area contributed by atoms with Crippen LogP contribution in [0.5, 0.6) is 0 Å². The number of carbonyl (C=O) groups excluding carboxylic acids is 1. The van der Waals surface area contributed by atoms with E-state index >= 15 is 0 Å². The number of morpholine rings is 1. The Morgan fingerprint density at radius 1 is 1.44 bits per heavy atom. The lowest BCUT2D eigenvalue weighted by Gasteiger charge is -2.27.